The Morgan fingerprint density at radius 2 is 1.93 bits per heavy atom. The van der Waals surface area contributed by atoms with Crippen molar-refractivity contribution in [2.75, 3.05) is 18.6 Å². The maximum Gasteiger partial charge on any atom is 0.242 e. The number of carbonyl (C=O) groups is 1. The van der Waals surface area contributed by atoms with Crippen molar-refractivity contribution in [3.8, 4) is 0 Å². The Balaban J connectivity index is 2.08. The molecular weight excluding hydrogens is 458 g/mol. The third-order valence-electron chi connectivity index (χ3n) is 4.06. The fourth-order valence-electron chi connectivity index (χ4n) is 2.56. The molecule has 0 saturated carbocycles. The molecule has 0 aliphatic rings. The van der Waals surface area contributed by atoms with Crippen molar-refractivity contribution >= 4 is 50.9 Å². The second-order valence-corrected chi connectivity index (χ2v) is 9.67. The third-order valence-corrected chi connectivity index (χ3v) is 6.89. The summed E-state index contributed by atoms with van der Waals surface area (Å²) in [6, 6.07) is 9.37. The fraction of sp³-hybridized carbons (Fsp3) is 0.316. The van der Waals surface area contributed by atoms with E-state index in [0.717, 1.165) is 0 Å². The van der Waals surface area contributed by atoms with Gasteiger partial charge in [0.05, 0.1) is 5.02 Å². The van der Waals surface area contributed by atoms with Crippen LogP contribution < -0.4 is 10.0 Å². The van der Waals surface area contributed by atoms with Gasteiger partial charge in [-0.05, 0) is 54.7 Å². The molecule has 2 N–H and O–H groups in total. The van der Waals surface area contributed by atoms with Crippen LogP contribution in [-0.2, 0) is 21.2 Å². The molecule has 158 valence electrons. The maximum atomic E-state index is 13.7. The van der Waals surface area contributed by atoms with Gasteiger partial charge in [0.2, 0.25) is 15.9 Å². The van der Waals surface area contributed by atoms with Gasteiger partial charge in [-0.2, -0.15) is 16.5 Å². The minimum Gasteiger partial charge on any atom is -0.354 e. The Morgan fingerprint density at radius 1 is 1.21 bits per heavy atom. The quantitative estimate of drug-likeness (QED) is 0.542. The van der Waals surface area contributed by atoms with Crippen molar-refractivity contribution in [3.63, 3.8) is 0 Å². The average Bonchev–Trinajstić information content (AvgIpc) is 2.68. The smallest absolute Gasteiger partial charge is 0.242 e. The molecule has 0 aliphatic heterocycles. The second kappa shape index (κ2) is 11.2. The molecule has 1 amide bonds. The summed E-state index contributed by atoms with van der Waals surface area (Å²) in [7, 11) is -4.07. The lowest BCUT2D eigenvalue weighted by Gasteiger charge is -2.19. The predicted molar refractivity (Wildman–Crippen MR) is 117 cm³/mol. The van der Waals surface area contributed by atoms with Crippen molar-refractivity contribution in [1.29, 1.82) is 0 Å². The molecule has 10 heteroatoms. The molecule has 0 radical (unpaired) electrons. The average molecular weight is 479 g/mol. The van der Waals surface area contributed by atoms with Crippen molar-refractivity contribution in [3.05, 3.63) is 63.9 Å². The standard InChI is InChI=1S/C19H21Cl2FN2O3S2/c1-28-11-9-17(19(25)23-10-8-13-4-2-3-5-16(13)22)24-29(26,27)18-12-14(20)6-7-15(18)21/h2-7,12,17,24H,8-11H2,1H3,(H,23,25). The summed E-state index contributed by atoms with van der Waals surface area (Å²) in [6.45, 7) is 0.176. The summed E-state index contributed by atoms with van der Waals surface area (Å²) in [6.07, 6.45) is 2.43. The van der Waals surface area contributed by atoms with Gasteiger partial charge in [-0.1, -0.05) is 41.4 Å². The highest BCUT2D eigenvalue weighted by atomic mass is 35.5. The van der Waals surface area contributed by atoms with Crippen LogP contribution in [0.1, 0.15) is 12.0 Å². The molecule has 0 saturated heterocycles. The SMILES string of the molecule is CSCCC(NS(=O)(=O)c1cc(Cl)ccc1Cl)C(=O)NCCc1ccccc1F. The number of sulfonamides is 1. The van der Waals surface area contributed by atoms with Gasteiger partial charge < -0.3 is 5.32 Å². The van der Waals surface area contributed by atoms with E-state index in [4.69, 9.17) is 23.2 Å². The van der Waals surface area contributed by atoms with Gasteiger partial charge >= 0.3 is 0 Å². The van der Waals surface area contributed by atoms with E-state index in [2.05, 4.69) is 10.0 Å². The first-order chi connectivity index (χ1) is 13.7. The van der Waals surface area contributed by atoms with Crippen LogP contribution >= 0.6 is 35.0 Å². The number of carbonyl (C=O) groups excluding carboxylic acids is 1. The number of hydrogen-bond donors (Lipinski definition) is 2. The Bertz CT molecular complexity index is 958. The molecule has 5 nitrogen and oxygen atoms in total. The molecule has 0 aliphatic carbocycles. The molecule has 1 unspecified atom stereocenters. The van der Waals surface area contributed by atoms with E-state index in [0.29, 0.717) is 17.7 Å². The van der Waals surface area contributed by atoms with Gasteiger partial charge in [-0.15, -0.1) is 0 Å². The molecule has 0 aromatic heterocycles. The molecule has 1 atom stereocenters. The normalized spacial score (nSPS) is 12.6. The Kier molecular flexibility index (Phi) is 9.23. The van der Waals surface area contributed by atoms with Crippen LogP contribution in [0.25, 0.3) is 0 Å². The number of halogens is 3. The van der Waals surface area contributed by atoms with Gasteiger partial charge in [-0.3, -0.25) is 4.79 Å². The number of nitrogens with one attached hydrogen (secondary N) is 2. The lowest BCUT2D eigenvalue weighted by atomic mass is 10.1. The number of rotatable bonds is 10. The number of benzene rings is 2. The molecule has 0 bridgehead atoms. The monoisotopic (exact) mass is 478 g/mol. The first-order valence-electron chi connectivity index (χ1n) is 8.72. The molecule has 0 heterocycles. The van der Waals surface area contributed by atoms with E-state index >= 15 is 0 Å². The highest BCUT2D eigenvalue weighted by Gasteiger charge is 2.27. The molecule has 0 spiro atoms. The zero-order chi connectivity index (χ0) is 21.4. The summed E-state index contributed by atoms with van der Waals surface area (Å²) in [5, 5.41) is 2.88. The van der Waals surface area contributed by atoms with Crippen molar-refractivity contribution in [1.82, 2.24) is 10.0 Å². The van der Waals surface area contributed by atoms with E-state index in [1.54, 1.807) is 18.2 Å². The largest absolute Gasteiger partial charge is 0.354 e. The molecule has 2 rings (SSSR count). The zero-order valence-electron chi connectivity index (χ0n) is 15.6. The van der Waals surface area contributed by atoms with E-state index in [9.17, 15) is 17.6 Å². The predicted octanol–water partition coefficient (Wildman–Crippen LogP) is 3.89. The molecule has 2 aromatic rings. The highest BCUT2D eigenvalue weighted by molar-refractivity contribution is 7.98. The second-order valence-electron chi connectivity index (χ2n) is 6.16. The summed E-state index contributed by atoms with van der Waals surface area (Å²) in [4.78, 5) is 12.4. The molecule has 0 fully saturated rings. The lowest BCUT2D eigenvalue weighted by Crippen LogP contribution is -2.47. The third kappa shape index (κ3) is 7.15. The lowest BCUT2D eigenvalue weighted by molar-refractivity contribution is -0.122. The van der Waals surface area contributed by atoms with Crippen LogP contribution in [0.4, 0.5) is 4.39 Å². The van der Waals surface area contributed by atoms with Crippen molar-refractivity contribution < 1.29 is 17.6 Å². The van der Waals surface area contributed by atoms with Gasteiger partial charge in [0.15, 0.2) is 0 Å². The van der Waals surface area contributed by atoms with Crippen LogP contribution in [-0.4, -0.2) is 38.9 Å². The summed E-state index contributed by atoms with van der Waals surface area (Å²) in [5.74, 6) is -0.272. The van der Waals surface area contributed by atoms with Crippen molar-refractivity contribution in [2.24, 2.45) is 0 Å². The Labute approximate surface area is 184 Å². The summed E-state index contributed by atoms with van der Waals surface area (Å²) in [5.41, 5.74) is 0.472. The van der Waals surface area contributed by atoms with Crippen molar-refractivity contribution in [2.45, 2.75) is 23.8 Å². The summed E-state index contributed by atoms with van der Waals surface area (Å²) >= 11 is 13.4. The Hall–Kier alpha value is -1.32. The first-order valence-corrected chi connectivity index (χ1v) is 12.4. The maximum absolute atomic E-state index is 13.7. The van der Waals surface area contributed by atoms with Gasteiger partial charge in [0, 0.05) is 11.6 Å². The van der Waals surface area contributed by atoms with E-state index < -0.39 is 22.0 Å². The van der Waals surface area contributed by atoms with Gasteiger partial charge in [0.1, 0.15) is 16.8 Å². The van der Waals surface area contributed by atoms with Crippen LogP contribution in [0.15, 0.2) is 47.4 Å². The minimum atomic E-state index is -4.07. The van der Waals surface area contributed by atoms with E-state index in [1.165, 1.54) is 36.0 Å². The highest BCUT2D eigenvalue weighted by Crippen LogP contribution is 2.25. The first kappa shape index (κ1) is 24.0. The van der Waals surface area contributed by atoms with Crippen LogP contribution in [0.3, 0.4) is 0 Å². The van der Waals surface area contributed by atoms with Crippen LogP contribution in [0.5, 0.6) is 0 Å². The van der Waals surface area contributed by atoms with Gasteiger partial charge in [-0.25, -0.2) is 12.8 Å². The number of amides is 1. The van der Waals surface area contributed by atoms with E-state index in [-0.39, 0.29) is 33.7 Å². The molecule has 29 heavy (non-hydrogen) atoms. The number of thioether (sulfide) groups is 1. The van der Waals surface area contributed by atoms with E-state index in [1.807, 2.05) is 6.26 Å². The Morgan fingerprint density at radius 3 is 2.62 bits per heavy atom. The fourth-order valence-corrected chi connectivity index (χ4v) is 5.02. The van der Waals surface area contributed by atoms with Gasteiger partial charge in [0.25, 0.3) is 0 Å². The minimum absolute atomic E-state index is 0.00507. The van der Waals surface area contributed by atoms with Crippen LogP contribution in [0, 0.1) is 5.82 Å². The number of hydrogen-bond acceptors (Lipinski definition) is 4. The summed E-state index contributed by atoms with van der Waals surface area (Å²) < 4.78 is 41.6. The topological polar surface area (TPSA) is 75.3 Å². The van der Waals surface area contributed by atoms with Crippen LogP contribution in [0.2, 0.25) is 10.0 Å². The zero-order valence-corrected chi connectivity index (χ0v) is 18.8. The molecule has 2 aromatic carbocycles. The molecular formula is C19H21Cl2FN2O3S2.